The number of pyridine rings is 1. The number of piperazine rings is 1. The lowest BCUT2D eigenvalue weighted by atomic mass is 10.1. The second-order valence-corrected chi connectivity index (χ2v) is 6.17. The van der Waals surface area contributed by atoms with Crippen LogP contribution in [-0.2, 0) is 11.2 Å². The molecule has 1 aliphatic rings. The molecule has 3 rings (SSSR count). The lowest BCUT2D eigenvalue weighted by molar-refractivity contribution is -0.122. The average molecular weight is 342 g/mol. The van der Waals surface area contributed by atoms with Crippen LogP contribution in [0.15, 0.2) is 48.5 Å². The summed E-state index contributed by atoms with van der Waals surface area (Å²) in [5, 5.41) is 2.97. The van der Waals surface area contributed by atoms with Gasteiger partial charge >= 0.3 is 0 Å². The van der Waals surface area contributed by atoms with E-state index in [2.05, 4.69) is 27.3 Å². The van der Waals surface area contributed by atoms with Gasteiger partial charge in [-0.05, 0) is 24.1 Å². The lowest BCUT2D eigenvalue weighted by Crippen LogP contribution is -2.49. The number of amides is 1. The molecule has 0 aliphatic carbocycles. The fourth-order valence-corrected chi connectivity index (χ4v) is 2.96. The van der Waals surface area contributed by atoms with Gasteiger partial charge in [-0.15, -0.1) is 0 Å². The van der Waals surface area contributed by atoms with E-state index in [1.54, 1.807) is 6.07 Å². The monoisotopic (exact) mass is 342 g/mol. The first kappa shape index (κ1) is 17.4. The molecule has 0 spiro atoms. The highest BCUT2D eigenvalue weighted by Gasteiger charge is 2.19. The minimum Gasteiger partial charge on any atom is -0.355 e. The van der Waals surface area contributed by atoms with Crippen LogP contribution in [0.2, 0.25) is 0 Å². The van der Waals surface area contributed by atoms with Crippen LogP contribution in [-0.4, -0.2) is 55.1 Å². The number of benzene rings is 1. The zero-order valence-corrected chi connectivity index (χ0v) is 14.2. The molecule has 1 fully saturated rings. The van der Waals surface area contributed by atoms with Crippen LogP contribution >= 0.6 is 0 Å². The Balaban J connectivity index is 1.37. The van der Waals surface area contributed by atoms with Gasteiger partial charge in [-0.25, -0.2) is 4.98 Å². The van der Waals surface area contributed by atoms with E-state index in [9.17, 15) is 9.18 Å². The Morgan fingerprint density at radius 1 is 1.04 bits per heavy atom. The van der Waals surface area contributed by atoms with E-state index in [1.807, 2.05) is 29.2 Å². The van der Waals surface area contributed by atoms with Crippen molar-refractivity contribution in [3.63, 3.8) is 0 Å². The highest BCUT2D eigenvalue weighted by atomic mass is 19.1. The summed E-state index contributed by atoms with van der Waals surface area (Å²) in [6, 6.07) is 15.0. The number of hydrogen-bond acceptors (Lipinski definition) is 4. The minimum absolute atomic E-state index is 0.0493. The van der Waals surface area contributed by atoms with Crippen LogP contribution in [0.3, 0.4) is 0 Å². The molecule has 0 bridgehead atoms. The van der Waals surface area contributed by atoms with Gasteiger partial charge in [0.05, 0.1) is 6.54 Å². The quantitative estimate of drug-likeness (QED) is 0.812. The first-order chi connectivity index (χ1) is 12.2. The van der Waals surface area contributed by atoms with Crippen molar-refractivity contribution in [1.82, 2.24) is 15.2 Å². The summed E-state index contributed by atoms with van der Waals surface area (Å²) in [6.45, 7) is 4.07. The number of carbonyl (C=O) groups is 1. The fourth-order valence-electron chi connectivity index (χ4n) is 2.96. The molecular formula is C19H23FN4O. The van der Waals surface area contributed by atoms with E-state index in [0.29, 0.717) is 18.9 Å². The predicted molar refractivity (Wildman–Crippen MR) is 96.0 cm³/mol. The predicted octanol–water partition coefficient (Wildman–Crippen LogP) is 1.70. The maximum absolute atomic E-state index is 13.2. The molecule has 6 heteroatoms. The second kappa shape index (κ2) is 8.58. The molecule has 25 heavy (non-hydrogen) atoms. The number of rotatable bonds is 6. The van der Waals surface area contributed by atoms with Crippen LogP contribution in [0.5, 0.6) is 0 Å². The fraction of sp³-hybridized carbons (Fsp3) is 0.368. The van der Waals surface area contributed by atoms with Crippen LogP contribution in [0.25, 0.3) is 0 Å². The Kier molecular flexibility index (Phi) is 5.95. The molecule has 0 radical (unpaired) electrons. The van der Waals surface area contributed by atoms with Crippen molar-refractivity contribution < 1.29 is 9.18 Å². The summed E-state index contributed by atoms with van der Waals surface area (Å²) in [5.41, 5.74) is 1.22. The highest BCUT2D eigenvalue weighted by molar-refractivity contribution is 5.78. The van der Waals surface area contributed by atoms with E-state index in [4.69, 9.17) is 0 Å². The van der Waals surface area contributed by atoms with E-state index in [-0.39, 0.29) is 5.91 Å². The van der Waals surface area contributed by atoms with Crippen molar-refractivity contribution in [2.75, 3.05) is 44.2 Å². The number of carbonyl (C=O) groups excluding carboxylic acids is 1. The maximum atomic E-state index is 13.2. The molecule has 2 heterocycles. The van der Waals surface area contributed by atoms with Crippen molar-refractivity contribution in [2.24, 2.45) is 0 Å². The standard InChI is InChI=1S/C19H23FN4O/c20-17-7-4-8-18(22-17)24-13-11-23(12-14-24)15-19(25)21-10-9-16-5-2-1-3-6-16/h1-8H,9-15H2,(H,21,25). The van der Waals surface area contributed by atoms with Gasteiger partial charge in [0, 0.05) is 32.7 Å². The molecule has 132 valence electrons. The zero-order chi connectivity index (χ0) is 17.5. The van der Waals surface area contributed by atoms with Gasteiger partial charge in [0.15, 0.2) is 0 Å². The molecule has 2 aromatic rings. The first-order valence-corrected chi connectivity index (χ1v) is 8.61. The number of hydrogen-bond donors (Lipinski definition) is 1. The topological polar surface area (TPSA) is 48.5 Å². The summed E-state index contributed by atoms with van der Waals surface area (Å²) < 4.78 is 13.2. The Morgan fingerprint density at radius 2 is 1.80 bits per heavy atom. The Morgan fingerprint density at radius 3 is 2.52 bits per heavy atom. The summed E-state index contributed by atoms with van der Waals surface area (Å²) in [4.78, 5) is 20.2. The summed E-state index contributed by atoms with van der Waals surface area (Å²) in [6.07, 6.45) is 0.839. The normalized spacial score (nSPS) is 15.2. The number of nitrogens with one attached hydrogen (secondary N) is 1. The Labute approximate surface area is 147 Å². The summed E-state index contributed by atoms with van der Waals surface area (Å²) >= 11 is 0. The zero-order valence-electron chi connectivity index (χ0n) is 14.2. The third-order valence-electron chi connectivity index (χ3n) is 4.34. The van der Waals surface area contributed by atoms with Gasteiger partial charge in [-0.2, -0.15) is 4.39 Å². The van der Waals surface area contributed by atoms with Crippen LogP contribution in [0, 0.1) is 5.95 Å². The molecule has 1 aliphatic heterocycles. The summed E-state index contributed by atoms with van der Waals surface area (Å²) in [5.74, 6) is 0.248. The van der Waals surface area contributed by atoms with E-state index in [0.717, 1.165) is 32.6 Å². The average Bonchev–Trinajstić information content (AvgIpc) is 2.63. The second-order valence-electron chi connectivity index (χ2n) is 6.17. The molecule has 0 atom stereocenters. The Hall–Kier alpha value is -2.47. The van der Waals surface area contributed by atoms with Crippen molar-refractivity contribution >= 4 is 11.7 Å². The van der Waals surface area contributed by atoms with Gasteiger partial charge in [-0.3, -0.25) is 9.69 Å². The molecule has 0 unspecified atom stereocenters. The van der Waals surface area contributed by atoms with Crippen molar-refractivity contribution in [3.05, 3.63) is 60.0 Å². The van der Waals surface area contributed by atoms with Crippen molar-refractivity contribution in [1.29, 1.82) is 0 Å². The molecule has 1 aromatic carbocycles. The number of anilines is 1. The molecule has 1 saturated heterocycles. The van der Waals surface area contributed by atoms with Gasteiger partial charge in [0.2, 0.25) is 11.9 Å². The highest BCUT2D eigenvalue weighted by Crippen LogP contribution is 2.13. The van der Waals surface area contributed by atoms with Crippen molar-refractivity contribution in [2.45, 2.75) is 6.42 Å². The summed E-state index contributed by atoms with van der Waals surface area (Å²) in [7, 11) is 0. The lowest BCUT2D eigenvalue weighted by Gasteiger charge is -2.34. The Bertz CT molecular complexity index is 687. The number of halogens is 1. The van der Waals surface area contributed by atoms with Gasteiger partial charge < -0.3 is 10.2 Å². The smallest absolute Gasteiger partial charge is 0.234 e. The molecular weight excluding hydrogens is 319 g/mol. The van der Waals surface area contributed by atoms with Crippen LogP contribution in [0.1, 0.15) is 5.56 Å². The van der Waals surface area contributed by atoms with E-state index < -0.39 is 5.95 Å². The van der Waals surface area contributed by atoms with E-state index in [1.165, 1.54) is 11.6 Å². The number of nitrogens with zero attached hydrogens (tertiary/aromatic N) is 3. The molecule has 1 amide bonds. The minimum atomic E-state index is -0.460. The van der Waals surface area contributed by atoms with E-state index >= 15 is 0 Å². The largest absolute Gasteiger partial charge is 0.355 e. The third-order valence-corrected chi connectivity index (χ3v) is 4.34. The molecule has 5 nitrogen and oxygen atoms in total. The van der Waals surface area contributed by atoms with Gasteiger partial charge in [0.25, 0.3) is 0 Å². The van der Waals surface area contributed by atoms with Gasteiger partial charge in [-0.1, -0.05) is 36.4 Å². The van der Waals surface area contributed by atoms with Crippen molar-refractivity contribution in [3.8, 4) is 0 Å². The van der Waals surface area contributed by atoms with Crippen LogP contribution in [0.4, 0.5) is 10.2 Å². The molecule has 1 N–H and O–H groups in total. The maximum Gasteiger partial charge on any atom is 0.234 e. The molecule has 1 aromatic heterocycles. The third kappa shape index (κ3) is 5.26. The first-order valence-electron chi connectivity index (χ1n) is 8.61. The molecule has 0 saturated carbocycles. The van der Waals surface area contributed by atoms with Gasteiger partial charge in [0.1, 0.15) is 5.82 Å². The number of aromatic nitrogens is 1. The SMILES string of the molecule is O=C(CN1CCN(c2cccc(F)n2)CC1)NCCc1ccccc1. The van der Waals surface area contributed by atoms with Crippen LogP contribution < -0.4 is 10.2 Å².